The first-order chi connectivity index (χ1) is 11.7. The Morgan fingerprint density at radius 1 is 1.25 bits per heavy atom. The monoisotopic (exact) mass is 332 g/mol. The Labute approximate surface area is 143 Å². The van der Waals surface area contributed by atoms with Gasteiger partial charge in [-0.3, -0.25) is 4.79 Å². The minimum absolute atomic E-state index is 0.138. The number of aromatic nitrogens is 1. The van der Waals surface area contributed by atoms with Crippen molar-refractivity contribution in [1.29, 1.82) is 0 Å². The first-order valence-corrected chi connectivity index (χ1v) is 9.02. The highest BCUT2D eigenvalue weighted by Crippen LogP contribution is 2.26. The average molecular weight is 332 g/mol. The third kappa shape index (κ3) is 4.68. The lowest BCUT2D eigenvalue weighted by Gasteiger charge is -2.32. The van der Waals surface area contributed by atoms with Crippen molar-refractivity contribution in [3.05, 3.63) is 23.9 Å². The Bertz CT molecular complexity index is 538. The summed E-state index contributed by atoms with van der Waals surface area (Å²) in [5.41, 5.74) is 6.89. The molecule has 2 aliphatic rings. The molecule has 1 aromatic heterocycles. The summed E-state index contributed by atoms with van der Waals surface area (Å²) in [5.74, 6) is 1.43. The Morgan fingerprint density at radius 2 is 2.00 bits per heavy atom. The summed E-state index contributed by atoms with van der Waals surface area (Å²) in [4.78, 5) is 19.0. The van der Waals surface area contributed by atoms with Crippen molar-refractivity contribution in [2.75, 3.05) is 45.1 Å². The van der Waals surface area contributed by atoms with Crippen molar-refractivity contribution < 1.29 is 9.53 Å². The molecular weight excluding hydrogens is 304 g/mol. The minimum Gasteiger partial charge on any atom is -0.384 e. The molecule has 3 rings (SSSR count). The number of hydrogen-bond acceptors (Lipinski definition) is 5. The van der Waals surface area contributed by atoms with Gasteiger partial charge in [-0.1, -0.05) is 6.07 Å². The molecule has 2 saturated heterocycles. The van der Waals surface area contributed by atoms with E-state index in [0.29, 0.717) is 24.9 Å². The van der Waals surface area contributed by atoms with Gasteiger partial charge in [0.05, 0.1) is 0 Å². The molecule has 1 aromatic rings. The second-order valence-electron chi connectivity index (χ2n) is 6.78. The summed E-state index contributed by atoms with van der Waals surface area (Å²) in [7, 11) is 0. The molecule has 0 aromatic carbocycles. The maximum atomic E-state index is 12.1. The predicted octanol–water partition coefficient (Wildman–Crippen LogP) is 1.39. The number of anilines is 1. The van der Waals surface area contributed by atoms with E-state index in [4.69, 9.17) is 10.5 Å². The number of rotatable bonds is 5. The Balaban J connectivity index is 1.36. The van der Waals surface area contributed by atoms with E-state index < -0.39 is 0 Å². The molecule has 6 nitrogen and oxygen atoms in total. The van der Waals surface area contributed by atoms with Crippen molar-refractivity contribution >= 4 is 11.7 Å². The second kappa shape index (κ2) is 8.44. The third-order valence-electron chi connectivity index (χ3n) is 5.12. The van der Waals surface area contributed by atoms with Gasteiger partial charge in [-0.25, -0.2) is 4.98 Å². The number of nitrogen functional groups attached to an aromatic ring is 1. The van der Waals surface area contributed by atoms with Gasteiger partial charge in [-0.05, 0) is 50.9 Å². The number of pyridine rings is 1. The van der Waals surface area contributed by atoms with E-state index in [-0.39, 0.29) is 11.8 Å². The quantitative estimate of drug-likeness (QED) is 0.851. The van der Waals surface area contributed by atoms with Gasteiger partial charge in [0.25, 0.3) is 0 Å². The van der Waals surface area contributed by atoms with Crippen LogP contribution in [0.25, 0.3) is 0 Å². The summed E-state index contributed by atoms with van der Waals surface area (Å²) in [6, 6.07) is 5.89. The van der Waals surface area contributed by atoms with E-state index in [1.54, 1.807) is 0 Å². The lowest BCUT2D eigenvalue weighted by molar-refractivity contribution is -0.127. The molecule has 132 valence electrons. The first kappa shape index (κ1) is 17.2. The van der Waals surface area contributed by atoms with Crippen LogP contribution in [0.2, 0.25) is 0 Å². The molecule has 1 amide bonds. The molecule has 0 unspecified atom stereocenters. The highest BCUT2D eigenvalue weighted by Gasteiger charge is 2.23. The van der Waals surface area contributed by atoms with Gasteiger partial charge in [-0.2, -0.15) is 0 Å². The zero-order valence-electron chi connectivity index (χ0n) is 14.2. The zero-order chi connectivity index (χ0) is 16.8. The van der Waals surface area contributed by atoms with Crippen molar-refractivity contribution in [2.45, 2.75) is 31.6 Å². The van der Waals surface area contributed by atoms with E-state index in [1.807, 2.05) is 12.1 Å². The van der Waals surface area contributed by atoms with Crippen LogP contribution < -0.4 is 11.1 Å². The number of nitrogens with one attached hydrogen (secondary N) is 1. The Kier molecular flexibility index (Phi) is 6.04. The fraction of sp³-hybridized carbons (Fsp3) is 0.667. The van der Waals surface area contributed by atoms with E-state index in [1.165, 1.54) is 0 Å². The lowest BCUT2D eigenvalue weighted by Crippen LogP contribution is -2.41. The smallest absolute Gasteiger partial charge is 0.223 e. The average Bonchev–Trinajstić information content (AvgIpc) is 2.63. The molecule has 3 heterocycles. The van der Waals surface area contributed by atoms with E-state index in [0.717, 1.165) is 57.6 Å². The SMILES string of the molecule is Nc1cccc(C2CCN(CCNC(=O)C3CCOCC3)CC2)n1. The fourth-order valence-electron chi connectivity index (χ4n) is 3.59. The first-order valence-electron chi connectivity index (χ1n) is 9.02. The van der Waals surface area contributed by atoms with Crippen LogP contribution in [0.15, 0.2) is 18.2 Å². The van der Waals surface area contributed by atoms with Gasteiger partial charge >= 0.3 is 0 Å². The summed E-state index contributed by atoms with van der Waals surface area (Å²) in [6.07, 6.45) is 3.91. The van der Waals surface area contributed by atoms with Gasteiger partial charge in [0.1, 0.15) is 5.82 Å². The molecule has 3 N–H and O–H groups in total. The maximum absolute atomic E-state index is 12.1. The summed E-state index contributed by atoms with van der Waals surface area (Å²) < 4.78 is 5.30. The highest BCUT2D eigenvalue weighted by molar-refractivity contribution is 5.78. The number of carbonyl (C=O) groups is 1. The van der Waals surface area contributed by atoms with E-state index >= 15 is 0 Å². The molecule has 0 atom stereocenters. The number of carbonyl (C=O) groups excluding carboxylic acids is 1. The van der Waals surface area contributed by atoms with Crippen LogP contribution in [0.5, 0.6) is 0 Å². The van der Waals surface area contributed by atoms with E-state index in [9.17, 15) is 4.79 Å². The Morgan fingerprint density at radius 3 is 2.71 bits per heavy atom. The predicted molar refractivity (Wildman–Crippen MR) is 93.6 cm³/mol. The third-order valence-corrected chi connectivity index (χ3v) is 5.12. The van der Waals surface area contributed by atoms with Gasteiger partial charge in [-0.15, -0.1) is 0 Å². The number of amides is 1. The molecule has 0 aliphatic carbocycles. The molecule has 2 aliphatic heterocycles. The van der Waals surface area contributed by atoms with Crippen LogP contribution in [0.3, 0.4) is 0 Å². The fourth-order valence-corrected chi connectivity index (χ4v) is 3.59. The van der Waals surface area contributed by atoms with Crippen LogP contribution in [0.1, 0.15) is 37.3 Å². The minimum atomic E-state index is 0.138. The number of nitrogens with two attached hydrogens (primary N) is 1. The van der Waals surface area contributed by atoms with Crippen LogP contribution in [-0.4, -0.2) is 55.2 Å². The number of piperidine rings is 1. The van der Waals surface area contributed by atoms with Crippen LogP contribution in [0, 0.1) is 5.92 Å². The summed E-state index contributed by atoms with van der Waals surface area (Å²) >= 11 is 0. The largest absolute Gasteiger partial charge is 0.384 e. The van der Waals surface area contributed by atoms with Crippen LogP contribution in [0.4, 0.5) is 5.82 Å². The topological polar surface area (TPSA) is 80.5 Å². The second-order valence-corrected chi connectivity index (χ2v) is 6.78. The molecule has 0 bridgehead atoms. The maximum Gasteiger partial charge on any atom is 0.223 e. The molecule has 0 saturated carbocycles. The summed E-state index contributed by atoms with van der Waals surface area (Å²) in [5, 5.41) is 3.09. The number of likely N-dealkylation sites (tertiary alicyclic amines) is 1. The molecule has 24 heavy (non-hydrogen) atoms. The molecular formula is C18H28N4O2. The molecule has 6 heteroatoms. The van der Waals surface area contributed by atoms with Crippen molar-refractivity contribution in [3.63, 3.8) is 0 Å². The highest BCUT2D eigenvalue weighted by atomic mass is 16.5. The van der Waals surface area contributed by atoms with Gasteiger partial charge in [0.15, 0.2) is 0 Å². The molecule has 0 radical (unpaired) electrons. The van der Waals surface area contributed by atoms with Crippen molar-refractivity contribution in [2.24, 2.45) is 5.92 Å². The Hall–Kier alpha value is -1.66. The van der Waals surface area contributed by atoms with Gasteiger partial charge in [0, 0.05) is 43.8 Å². The summed E-state index contributed by atoms with van der Waals surface area (Å²) in [6.45, 7) is 5.18. The van der Waals surface area contributed by atoms with Gasteiger partial charge in [0.2, 0.25) is 5.91 Å². The van der Waals surface area contributed by atoms with Crippen LogP contribution >= 0.6 is 0 Å². The number of ether oxygens (including phenoxy) is 1. The van der Waals surface area contributed by atoms with Gasteiger partial charge < -0.3 is 20.7 Å². The van der Waals surface area contributed by atoms with Crippen LogP contribution in [-0.2, 0) is 9.53 Å². The van der Waals surface area contributed by atoms with Crippen molar-refractivity contribution in [1.82, 2.24) is 15.2 Å². The molecule has 0 spiro atoms. The standard InChI is InChI=1S/C18H28N4O2/c19-17-3-1-2-16(21-17)14-4-9-22(10-5-14)11-8-20-18(23)15-6-12-24-13-7-15/h1-3,14-15H,4-13H2,(H2,19,21)(H,20,23). The van der Waals surface area contributed by atoms with E-state index in [2.05, 4.69) is 21.3 Å². The number of nitrogens with zero attached hydrogens (tertiary/aromatic N) is 2. The zero-order valence-corrected chi connectivity index (χ0v) is 14.2. The number of hydrogen-bond donors (Lipinski definition) is 2. The lowest BCUT2D eigenvalue weighted by atomic mass is 9.93. The normalized spacial score (nSPS) is 20.8. The molecule has 2 fully saturated rings. The van der Waals surface area contributed by atoms with Crippen molar-refractivity contribution in [3.8, 4) is 0 Å².